The molecule has 3 aromatic heterocycles. The van der Waals surface area contributed by atoms with Gasteiger partial charge in [-0.2, -0.15) is 0 Å². The van der Waals surface area contributed by atoms with E-state index in [4.69, 9.17) is 9.97 Å². The Labute approximate surface area is 187 Å². The summed E-state index contributed by atoms with van der Waals surface area (Å²) in [6, 6.07) is 11.5. The van der Waals surface area contributed by atoms with E-state index in [1.54, 1.807) is 6.07 Å². The van der Waals surface area contributed by atoms with Gasteiger partial charge in [-0.1, -0.05) is 30.3 Å². The first-order valence-electron chi connectivity index (χ1n) is 9.63. The van der Waals surface area contributed by atoms with Crippen molar-refractivity contribution >= 4 is 40.0 Å². The van der Waals surface area contributed by atoms with Crippen molar-refractivity contribution in [2.45, 2.75) is 33.1 Å². The zero-order valence-electron chi connectivity index (χ0n) is 17.5. The molecular formula is C24H20N4OZn. The average Bonchev–Trinajstić information content (AvgIpc) is 3.46. The van der Waals surface area contributed by atoms with Crippen molar-refractivity contribution in [2.75, 3.05) is 0 Å². The van der Waals surface area contributed by atoms with Crippen molar-refractivity contribution in [3.8, 4) is 0 Å². The van der Waals surface area contributed by atoms with Crippen LogP contribution in [0.15, 0.2) is 36.4 Å². The molecule has 5 heterocycles. The van der Waals surface area contributed by atoms with Gasteiger partial charge >= 0.3 is 19.5 Å². The molecule has 0 fully saturated rings. The SMILES string of the molecule is Cc1c2nc(c(C)c3ccc(cc4nc(cc5ccc1[n-]5)C(=O)C4(C)C)[n-]3)C=C2.[Zn+2]. The van der Waals surface area contributed by atoms with E-state index in [1.165, 1.54) is 0 Å². The first kappa shape index (κ1) is 20.4. The Bertz CT molecular complexity index is 1380. The van der Waals surface area contributed by atoms with E-state index in [2.05, 4.69) is 9.97 Å². The molecule has 5 nitrogen and oxygen atoms in total. The van der Waals surface area contributed by atoms with E-state index in [9.17, 15) is 4.79 Å². The third kappa shape index (κ3) is 3.16. The predicted octanol–water partition coefficient (Wildman–Crippen LogP) is 4.52. The number of Topliss-reactive ketones (excluding diaryl/α,β-unsaturated/α-hetero) is 1. The Hall–Kier alpha value is -2.85. The molecule has 0 saturated carbocycles. The summed E-state index contributed by atoms with van der Waals surface area (Å²) in [5.74, 6) is -0.00485. The van der Waals surface area contributed by atoms with Gasteiger partial charge in [-0.3, -0.25) is 4.79 Å². The molecule has 0 aliphatic carbocycles. The Morgan fingerprint density at radius 1 is 0.800 bits per heavy atom. The first-order chi connectivity index (χ1) is 13.8. The largest absolute Gasteiger partial charge is 2.00 e. The van der Waals surface area contributed by atoms with Crippen molar-refractivity contribution in [2.24, 2.45) is 0 Å². The van der Waals surface area contributed by atoms with E-state index in [-0.39, 0.29) is 25.3 Å². The normalized spacial score (nSPS) is 14.6. The molecule has 8 bridgehead atoms. The monoisotopic (exact) mass is 444 g/mol. The van der Waals surface area contributed by atoms with Crippen LogP contribution in [-0.2, 0) is 24.9 Å². The summed E-state index contributed by atoms with van der Waals surface area (Å²) in [7, 11) is 0. The summed E-state index contributed by atoms with van der Waals surface area (Å²) in [5.41, 5.74) is 7.47. The molecule has 0 aromatic carbocycles. The van der Waals surface area contributed by atoms with Crippen molar-refractivity contribution < 1.29 is 24.3 Å². The fourth-order valence-electron chi connectivity index (χ4n) is 3.72. The fraction of sp³-hybridized carbons (Fsp3) is 0.208. The van der Waals surface area contributed by atoms with Gasteiger partial charge < -0.3 is 9.97 Å². The van der Waals surface area contributed by atoms with Gasteiger partial charge in [-0.15, -0.1) is 22.1 Å². The van der Waals surface area contributed by atoms with E-state index in [0.717, 1.165) is 44.6 Å². The van der Waals surface area contributed by atoms with Crippen molar-refractivity contribution in [3.63, 3.8) is 0 Å². The molecule has 30 heavy (non-hydrogen) atoms. The van der Waals surface area contributed by atoms with Gasteiger partial charge in [-0.25, -0.2) is 9.97 Å². The van der Waals surface area contributed by atoms with Crippen LogP contribution in [0, 0.1) is 13.8 Å². The number of nitrogens with zero attached hydrogens (tertiary/aromatic N) is 4. The van der Waals surface area contributed by atoms with Crippen molar-refractivity contribution in [1.29, 1.82) is 0 Å². The minimum atomic E-state index is -0.698. The number of ketones is 1. The molecule has 6 heteroatoms. The van der Waals surface area contributed by atoms with E-state index in [1.807, 2.05) is 70.2 Å². The van der Waals surface area contributed by atoms with E-state index < -0.39 is 5.41 Å². The zero-order chi connectivity index (χ0) is 20.3. The fourth-order valence-corrected chi connectivity index (χ4v) is 3.72. The predicted molar refractivity (Wildman–Crippen MR) is 115 cm³/mol. The van der Waals surface area contributed by atoms with Crippen LogP contribution in [0.4, 0.5) is 0 Å². The van der Waals surface area contributed by atoms with E-state index in [0.29, 0.717) is 11.4 Å². The molecule has 5 rings (SSSR count). The number of carbonyl (C=O) groups is 1. The van der Waals surface area contributed by atoms with Crippen LogP contribution in [0.2, 0.25) is 0 Å². The summed E-state index contributed by atoms with van der Waals surface area (Å²) in [4.78, 5) is 31.8. The zero-order valence-corrected chi connectivity index (χ0v) is 20.5. The Morgan fingerprint density at radius 2 is 1.33 bits per heavy atom. The van der Waals surface area contributed by atoms with Gasteiger partial charge in [0.1, 0.15) is 5.69 Å². The van der Waals surface area contributed by atoms with Gasteiger partial charge in [0, 0.05) is 0 Å². The minimum Gasteiger partial charge on any atom is -0.658 e. The number of carbonyl (C=O) groups excluding carboxylic acids is 1. The molecule has 144 valence electrons. The molecular weight excluding hydrogens is 426 g/mol. The first-order valence-corrected chi connectivity index (χ1v) is 9.63. The summed E-state index contributed by atoms with van der Waals surface area (Å²) in [5, 5.41) is 0. The van der Waals surface area contributed by atoms with Crippen LogP contribution in [-0.4, -0.2) is 15.8 Å². The summed E-state index contributed by atoms with van der Waals surface area (Å²) in [6.07, 6.45) is 4.03. The van der Waals surface area contributed by atoms with Gasteiger partial charge in [0.2, 0.25) is 0 Å². The van der Waals surface area contributed by atoms with Crippen molar-refractivity contribution in [1.82, 2.24) is 19.9 Å². The molecule has 2 aliphatic rings. The topological polar surface area (TPSA) is 71.1 Å². The van der Waals surface area contributed by atoms with Crippen LogP contribution in [0.5, 0.6) is 0 Å². The molecule has 3 aromatic rings. The number of fused-ring (bicyclic) bond motifs is 8. The quantitative estimate of drug-likeness (QED) is 0.372. The second-order valence-electron chi connectivity index (χ2n) is 8.10. The maximum Gasteiger partial charge on any atom is 2.00 e. The number of aromatic nitrogens is 4. The number of rotatable bonds is 0. The molecule has 0 radical (unpaired) electrons. The summed E-state index contributed by atoms with van der Waals surface area (Å²) < 4.78 is 0. The number of aryl methyl sites for hydroxylation is 2. The maximum absolute atomic E-state index is 13.0. The van der Waals surface area contributed by atoms with Crippen LogP contribution in [0.25, 0.3) is 34.2 Å². The molecule has 0 atom stereocenters. The molecule has 2 aliphatic heterocycles. The smallest absolute Gasteiger partial charge is 0.658 e. The number of hydrogen-bond acceptors (Lipinski definition) is 3. The Kier molecular flexibility index (Phi) is 4.86. The van der Waals surface area contributed by atoms with Crippen LogP contribution in [0.1, 0.15) is 52.5 Å². The van der Waals surface area contributed by atoms with Crippen LogP contribution in [0.3, 0.4) is 0 Å². The summed E-state index contributed by atoms with van der Waals surface area (Å²) in [6.45, 7) is 7.84. The number of hydrogen-bond donors (Lipinski definition) is 0. The Balaban J connectivity index is 0.00000218. The second-order valence-corrected chi connectivity index (χ2v) is 8.10. The molecule has 0 spiro atoms. The van der Waals surface area contributed by atoms with Gasteiger partial charge in [0.15, 0.2) is 5.78 Å². The molecule has 0 N–H and O–H groups in total. The molecule has 0 saturated heterocycles. The minimum absolute atomic E-state index is 0. The maximum atomic E-state index is 13.0. The van der Waals surface area contributed by atoms with Crippen LogP contribution >= 0.6 is 0 Å². The van der Waals surface area contributed by atoms with E-state index >= 15 is 0 Å². The molecule has 0 amide bonds. The van der Waals surface area contributed by atoms with Gasteiger partial charge in [-0.05, 0) is 57.0 Å². The summed E-state index contributed by atoms with van der Waals surface area (Å²) >= 11 is 0. The van der Waals surface area contributed by atoms with Crippen LogP contribution < -0.4 is 9.97 Å². The van der Waals surface area contributed by atoms with Gasteiger partial charge in [0.05, 0.1) is 22.5 Å². The van der Waals surface area contributed by atoms with Crippen molar-refractivity contribution in [3.05, 3.63) is 70.3 Å². The van der Waals surface area contributed by atoms with Gasteiger partial charge in [0.25, 0.3) is 0 Å². The Morgan fingerprint density at radius 3 is 1.90 bits per heavy atom. The second kappa shape index (κ2) is 7.14. The average molecular weight is 446 g/mol. The standard InChI is InChI=1S/C24H21N4O.Zn/c1-13-17-7-5-15(25-17)11-21-23(29)24(3,4)22(28-21)12-16-6-8-18(26-16)14(2)20-10-9-19(13)27-20;/h5-12H,1-4H3,(H-,25,26,27,28,29);/q-1;+2/p-1. The third-order valence-electron chi connectivity index (χ3n) is 5.75. The molecule has 0 unspecified atom stereocenters. The third-order valence-corrected chi connectivity index (χ3v) is 5.75.